The third-order valence-corrected chi connectivity index (χ3v) is 3.86. The summed E-state index contributed by atoms with van der Waals surface area (Å²) in [5.74, 6) is -0.214. The summed E-state index contributed by atoms with van der Waals surface area (Å²) < 4.78 is 5.66. The van der Waals surface area contributed by atoms with E-state index >= 15 is 0 Å². The van der Waals surface area contributed by atoms with Crippen LogP contribution in [0.25, 0.3) is 0 Å². The summed E-state index contributed by atoms with van der Waals surface area (Å²) in [6.07, 6.45) is -6.27. The van der Waals surface area contributed by atoms with Crippen LogP contribution in [0.5, 0.6) is 5.75 Å². The van der Waals surface area contributed by atoms with Crippen molar-refractivity contribution in [3.63, 3.8) is 0 Å². The maximum atomic E-state index is 11.8. The number of nitrogens with zero attached hydrogens (tertiary/aromatic N) is 1. The van der Waals surface area contributed by atoms with E-state index in [1.807, 2.05) is 0 Å². The van der Waals surface area contributed by atoms with Crippen LogP contribution in [-0.2, 0) is 9.53 Å². The predicted molar refractivity (Wildman–Crippen MR) is 78.2 cm³/mol. The molecule has 5 atom stereocenters. The zero-order valence-corrected chi connectivity index (χ0v) is 12.6. The van der Waals surface area contributed by atoms with Crippen molar-refractivity contribution in [3.05, 3.63) is 29.8 Å². The monoisotopic (exact) mass is 327 g/mol. The third-order valence-electron chi connectivity index (χ3n) is 3.86. The number of hydrogen-bond acceptors (Lipinski definition) is 7. The molecule has 1 fully saturated rings. The number of aliphatic hydroxyl groups excluding tert-OH is 4. The number of benzene rings is 1. The first-order valence-corrected chi connectivity index (χ1v) is 7.21. The molecule has 0 aromatic heterocycles. The average molecular weight is 327 g/mol. The van der Waals surface area contributed by atoms with Gasteiger partial charge in [-0.05, 0) is 12.1 Å². The Bertz CT molecular complexity index is 535. The van der Waals surface area contributed by atoms with Crippen molar-refractivity contribution < 1.29 is 35.1 Å². The fourth-order valence-corrected chi connectivity index (χ4v) is 2.51. The van der Waals surface area contributed by atoms with Gasteiger partial charge in [-0.15, -0.1) is 0 Å². The maximum Gasteiger partial charge on any atom is 0.221 e. The van der Waals surface area contributed by atoms with Crippen molar-refractivity contribution in [1.29, 1.82) is 0 Å². The van der Waals surface area contributed by atoms with E-state index < -0.39 is 37.3 Å². The Morgan fingerprint density at radius 2 is 1.91 bits per heavy atom. The van der Waals surface area contributed by atoms with Crippen molar-refractivity contribution in [3.8, 4) is 5.75 Å². The summed E-state index contributed by atoms with van der Waals surface area (Å²) in [5.41, 5.74) is 0.602. The number of phenols is 1. The van der Waals surface area contributed by atoms with Crippen LogP contribution in [-0.4, -0.2) is 73.9 Å². The van der Waals surface area contributed by atoms with E-state index in [0.29, 0.717) is 5.56 Å². The molecule has 8 nitrogen and oxygen atoms in total. The molecule has 8 heteroatoms. The van der Waals surface area contributed by atoms with Gasteiger partial charge in [0.25, 0.3) is 0 Å². The molecule has 0 spiro atoms. The quantitative estimate of drug-likeness (QED) is 0.455. The largest absolute Gasteiger partial charge is 0.508 e. The molecular weight excluding hydrogens is 306 g/mol. The van der Waals surface area contributed by atoms with E-state index in [-0.39, 0.29) is 18.2 Å². The van der Waals surface area contributed by atoms with E-state index in [9.17, 15) is 25.2 Å². The molecule has 5 N–H and O–H groups in total. The SMILES string of the molecule is CC(=O)N1C[C@@H]([C@@H](O)[C@H](O)[C@H](O)CO)O[C@@H]1c1ccc(O)cc1. The van der Waals surface area contributed by atoms with Crippen LogP contribution in [0.2, 0.25) is 0 Å². The Labute approximate surface area is 133 Å². The lowest BCUT2D eigenvalue weighted by Gasteiger charge is -2.25. The fourth-order valence-electron chi connectivity index (χ4n) is 2.51. The highest BCUT2D eigenvalue weighted by atomic mass is 16.5. The van der Waals surface area contributed by atoms with E-state index in [1.165, 1.54) is 24.0 Å². The summed E-state index contributed by atoms with van der Waals surface area (Å²) in [6.45, 7) is 0.671. The second-order valence-corrected chi connectivity index (χ2v) is 5.52. The smallest absolute Gasteiger partial charge is 0.221 e. The van der Waals surface area contributed by atoms with Crippen LogP contribution in [0.4, 0.5) is 0 Å². The second-order valence-electron chi connectivity index (χ2n) is 5.52. The minimum atomic E-state index is -1.60. The van der Waals surface area contributed by atoms with Gasteiger partial charge in [0, 0.05) is 12.5 Å². The van der Waals surface area contributed by atoms with Crippen LogP contribution in [0.1, 0.15) is 18.7 Å². The predicted octanol–water partition coefficient (Wildman–Crippen LogP) is -1.29. The van der Waals surface area contributed by atoms with Crippen LogP contribution in [0.15, 0.2) is 24.3 Å². The van der Waals surface area contributed by atoms with Gasteiger partial charge < -0.3 is 35.2 Å². The molecule has 1 amide bonds. The van der Waals surface area contributed by atoms with Gasteiger partial charge >= 0.3 is 0 Å². The number of carbonyl (C=O) groups is 1. The van der Waals surface area contributed by atoms with Crippen LogP contribution in [0.3, 0.4) is 0 Å². The molecular formula is C15H21NO7. The Morgan fingerprint density at radius 3 is 2.43 bits per heavy atom. The molecule has 0 saturated carbocycles. The molecule has 128 valence electrons. The minimum absolute atomic E-state index is 0.0251. The van der Waals surface area contributed by atoms with E-state index in [0.717, 1.165) is 0 Å². The molecule has 1 aliphatic rings. The molecule has 1 aromatic rings. The highest BCUT2D eigenvalue weighted by Gasteiger charge is 2.42. The van der Waals surface area contributed by atoms with Gasteiger partial charge in [0.1, 0.15) is 30.2 Å². The summed E-state index contributed by atoms with van der Waals surface area (Å²) in [5, 5.41) is 47.5. The number of hydrogen-bond donors (Lipinski definition) is 5. The van der Waals surface area contributed by atoms with Gasteiger partial charge in [-0.3, -0.25) is 4.79 Å². The Hall–Kier alpha value is -1.71. The topological polar surface area (TPSA) is 131 Å². The third kappa shape index (κ3) is 3.80. The van der Waals surface area contributed by atoms with E-state index in [4.69, 9.17) is 9.84 Å². The summed E-state index contributed by atoms with van der Waals surface area (Å²) in [6, 6.07) is 6.07. The maximum absolute atomic E-state index is 11.8. The lowest BCUT2D eigenvalue weighted by molar-refractivity contribution is -0.139. The normalized spacial score (nSPS) is 25.2. The molecule has 0 aliphatic carbocycles. The number of ether oxygens (including phenoxy) is 1. The highest BCUT2D eigenvalue weighted by molar-refractivity contribution is 5.74. The van der Waals surface area contributed by atoms with Crippen molar-refractivity contribution >= 4 is 5.91 Å². The Kier molecular flexibility index (Phi) is 5.55. The Balaban J connectivity index is 2.17. The van der Waals surface area contributed by atoms with Gasteiger partial charge in [-0.25, -0.2) is 0 Å². The molecule has 2 rings (SSSR count). The van der Waals surface area contributed by atoms with Gasteiger partial charge in [0.2, 0.25) is 5.91 Å². The number of aliphatic hydroxyl groups is 4. The Morgan fingerprint density at radius 1 is 1.30 bits per heavy atom. The number of amides is 1. The molecule has 1 aliphatic heterocycles. The van der Waals surface area contributed by atoms with Crippen molar-refractivity contribution in [2.45, 2.75) is 37.6 Å². The first-order chi connectivity index (χ1) is 10.8. The molecule has 1 aromatic carbocycles. The van der Waals surface area contributed by atoms with E-state index in [2.05, 4.69) is 0 Å². The zero-order chi connectivity index (χ0) is 17.1. The van der Waals surface area contributed by atoms with Gasteiger partial charge in [-0.1, -0.05) is 12.1 Å². The molecule has 0 unspecified atom stereocenters. The first-order valence-electron chi connectivity index (χ1n) is 7.21. The number of carbonyl (C=O) groups excluding carboxylic acids is 1. The highest BCUT2D eigenvalue weighted by Crippen LogP contribution is 2.33. The summed E-state index contributed by atoms with van der Waals surface area (Å²) in [4.78, 5) is 13.2. The van der Waals surface area contributed by atoms with Crippen LogP contribution in [0, 0.1) is 0 Å². The lowest BCUT2D eigenvalue weighted by atomic mass is 10.0. The van der Waals surface area contributed by atoms with Gasteiger partial charge in [0.05, 0.1) is 13.2 Å². The summed E-state index contributed by atoms with van der Waals surface area (Å²) in [7, 11) is 0. The van der Waals surface area contributed by atoms with Gasteiger partial charge in [-0.2, -0.15) is 0 Å². The van der Waals surface area contributed by atoms with Crippen molar-refractivity contribution in [2.24, 2.45) is 0 Å². The lowest BCUT2D eigenvalue weighted by Crippen LogP contribution is -2.47. The van der Waals surface area contributed by atoms with Crippen LogP contribution < -0.4 is 0 Å². The molecule has 1 heterocycles. The average Bonchev–Trinajstić information content (AvgIpc) is 2.98. The second kappa shape index (κ2) is 7.24. The standard InChI is InChI=1S/C15H21NO7/c1-8(18)16-6-12(14(22)13(21)11(20)7-17)23-15(16)9-2-4-10(19)5-3-9/h2-5,11-15,17,19-22H,6-7H2,1H3/t11-,12+,13-,14-,15-/m1/s1. The fraction of sp³-hybridized carbons (Fsp3) is 0.533. The van der Waals surface area contributed by atoms with Crippen molar-refractivity contribution in [2.75, 3.05) is 13.2 Å². The first kappa shape index (κ1) is 17.6. The van der Waals surface area contributed by atoms with E-state index in [1.54, 1.807) is 12.1 Å². The van der Waals surface area contributed by atoms with Crippen molar-refractivity contribution in [1.82, 2.24) is 4.90 Å². The molecule has 1 saturated heterocycles. The number of aromatic hydroxyl groups is 1. The van der Waals surface area contributed by atoms with Crippen LogP contribution >= 0.6 is 0 Å². The number of rotatable bonds is 5. The molecule has 0 radical (unpaired) electrons. The molecule has 0 bridgehead atoms. The zero-order valence-electron chi connectivity index (χ0n) is 12.6. The summed E-state index contributed by atoms with van der Waals surface area (Å²) >= 11 is 0. The number of phenolic OH excluding ortho intramolecular Hbond substituents is 1. The minimum Gasteiger partial charge on any atom is -0.508 e. The molecule has 23 heavy (non-hydrogen) atoms. The van der Waals surface area contributed by atoms with Gasteiger partial charge in [0.15, 0.2) is 6.23 Å².